The van der Waals surface area contributed by atoms with E-state index in [1.54, 1.807) is 0 Å². The van der Waals surface area contributed by atoms with E-state index in [1.807, 2.05) is 6.92 Å². The zero-order valence-corrected chi connectivity index (χ0v) is 9.79. The second-order valence-corrected chi connectivity index (χ2v) is 4.15. The molecule has 0 bridgehead atoms. The second-order valence-electron chi connectivity index (χ2n) is 4.15. The summed E-state index contributed by atoms with van der Waals surface area (Å²) in [6, 6.07) is 0. The van der Waals surface area contributed by atoms with E-state index in [1.165, 1.54) is 19.3 Å². The molecule has 0 saturated carbocycles. The van der Waals surface area contributed by atoms with Crippen molar-refractivity contribution in [3.63, 3.8) is 0 Å². The van der Waals surface area contributed by atoms with Gasteiger partial charge in [-0.25, -0.2) is 0 Å². The van der Waals surface area contributed by atoms with Crippen molar-refractivity contribution in [2.45, 2.75) is 59.0 Å². The third kappa shape index (κ3) is 8.24. The van der Waals surface area contributed by atoms with E-state index in [4.69, 9.17) is 4.74 Å². The lowest BCUT2D eigenvalue weighted by Gasteiger charge is -2.15. The molecule has 2 unspecified atom stereocenters. The van der Waals surface area contributed by atoms with Gasteiger partial charge in [0.05, 0.1) is 6.10 Å². The number of carbonyl (C=O) groups is 1. The monoisotopic (exact) mass is 200 g/mol. The second kappa shape index (κ2) is 9.20. The third-order valence-corrected chi connectivity index (χ3v) is 2.38. The lowest BCUT2D eigenvalue weighted by Crippen LogP contribution is -2.14. The normalized spacial score (nSPS) is 15.1. The van der Waals surface area contributed by atoms with E-state index >= 15 is 0 Å². The Kier molecular flexibility index (Phi) is 8.95. The fourth-order valence-electron chi connectivity index (χ4n) is 1.33. The van der Waals surface area contributed by atoms with E-state index in [0.717, 1.165) is 12.7 Å². The van der Waals surface area contributed by atoms with Crippen molar-refractivity contribution in [1.82, 2.24) is 0 Å². The average Bonchev–Trinajstić information content (AvgIpc) is 2.16. The van der Waals surface area contributed by atoms with Gasteiger partial charge >= 0.3 is 0 Å². The fourth-order valence-corrected chi connectivity index (χ4v) is 1.33. The van der Waals surface area contributed by atoms with Crippen LogP contribution in [0.4, 0.5) is 0 Å². The van der Waals surface area contributed by atoms with Crippen molar-refractivity contribution in [1.29, 1.82) is 0 Å². The summed E-state index contributed by atoms with van der Waals surface area (Å²) in [4.78, 5) is 10.2. The Morgan fingerprint density at radius 1 is 1.29 bits per heavy atom. The smallest absolute Gasteiger partial charge is 0.120 e. The van der Waals surface area contributed by atoms with Crippen LogP contribution in [-0.2, 0) is 9.53 Å². The fraction of sp³-hybridized carbons (Fsp3) is 0.917. The van der Waals surface area contributed by atoms with Gasteiger partial charge in [-0.15, -0.1) is 0 Å². The molecule has 0 spiro atoms. The van der Waals surface area contributed by atoms with Crippen LogP contribution in [0.1, 0.15) is 52.9 Å². The molecule has 0 aromatic rings. The highest BCUT2D eigenvalue weighted by Crippen LogP contribution is 2.08. The first-order chi connectivity index (χ1) is 6.70. The highest BCUT2D eigenvalue weighted by molar-refractivity contribution is 5.49. The van der Waals surface area contributed by atoms with Crippen molar-refractivity contribution in [3.05, 3.63) is 0 Å². The lowest BCUT2D eigenvalue weighted by atomic mass is 10.1. The van der Waals surface area contributed by atoms with Gasteiger partial charge in [0.1, 0.15) is 6.29 Å². The number of unbranched alkanes of at least 4 members (excludes halogenated alkanes) is 2. The molecule has 0 aliphatic carbocycles. The largest absolute Gasteiger partial charge is 0.378 e. The van der Waals surface area contributed by atoms with Gasteiger partial charge in [0.25, 0.3) is 0 Å². The highest BCUT2D eigenvalue weighted by Gasteiger charge is 2.05. The maximum atomic E-state index is 10.2. The predicted octanol–water partition coefficient (Wildman–Crippen LogP) is 3.20. The first kappa shape index (κ1) is 13.6. The SMILES string of the molecule is CCCCCC(C)OCC(C)CC=O. The van der Waals surface area contributed by atoms with Crippen LogP contribution >= 0.6 is 0 Å². The first-order valence-corrected chi connectivity index (χ1v) is 5.75. The summed E-state index contributed by atoms with van der Waals surface area (Å²) in [7, 11) is 0. The Morgan fingerprint density at radius 3 is 2.57 bits per heavy atom. The lowest BCUT2D eigenvalue weighted by molar-refractivity contribution is -0.109. The highest BCUT2D eigenvalue weighted by atomic mass is 16.5. The molecule has 2 heteroatoms. The van der Waals surface area contributed by atoms with E-state index < -0.39 is 0 Å². The van der Waals surface area contributed by atoms with Crippen molar-refractivity contribution in [2.75, 3.05) is 6.61 Å². The standard InChI is InChI=1S/C12H24O2/c1-4-5-6-7-12(3)14-10-11(2)8-9-13/h9,11-12H,4-8,10H2,1-3H3. The van der Waals surface area contributed by atoms with Crippen LogP contribution < -0.4 is 0 Å². The number of rotatable bonds is 9. The molecule has 2 atom stereocenters. The molecule has 14 heavy (non-hydrogen) atoms. The predicted molar refractivity (Wildman–Crippen MR) is 59.4 cm³/mol. The molecule has 0 aliphatic heterocycles. The Labute approximate surface area is 88.0 Å². The Hall–Kier alpha value is -0.370. The van der Waals surface area contributed by atoms with E-state index in [0.29, 0.717) is 25.0 Å². The topological polar surface area (TPSA) is 26.3 Å². The number of hydrogen-bond donors (Lipinski definition) is 0. The zero-order valence-electron chi connectivity index (χ0n) is 9.79. The Bertz CT molecular complexity index is 134. The molecule has 0 rings (SSSR count). The average molecular weight is 200 g/mol. The molecule has 0 aromatic carbocycles. The summed E-state index contributed by atoms with van der Waals surface area (Å²) in [6.07, 6.45) is 6.86. The van der Waals surface area contributed by atoms with Gasteiger partial charge in [0.15, 0.2) is 0 Å². The van der Waals surface area contributed by atoms with Crippen LogP contribution in [0.15, 0.2) is 0 Å². The minimum Gasteiger partial charge on any atom is -0.378 e. The van der Waals surface area contributed by atoms with Gasteiger partial charge < -0.3 is 9.53 Å². The summed E-state index contributed by atoms with van der Waals surface area (Å²) in [5, 5.41) is 0. The van der Waals surface area contributed by atoms with Crippen molar-refractivity contribution >= 4 is 6.29 Å². The minimum atomic E-state index is 0.343. The van der Waals surface area contributed by atoms with Crippen LogP contribution in [0.2, 0.25) is 0 Å². The quantitative estimate of drug-likeness (QED) is 0.422. The van der Waals surface area contributed by atoms with Gasteiger partial charge in [-0.05, 0) is 19.3 Å². The van der Waals surface area contributed by atoms with Crippen molar-refractivity contribution < 1.29 is 9.53 Å². The Balaban J connectivity index is 3.33. The van der Waals surface area contributed by atoms with E-state index in [2.05, 4.69) is 13.8 Å². The molecule has 0 aromatic heterocycles. The van der Waals surface area contributed by atoms with Gasteiger partial charge in [-0.1, -0.05) is 33.1 Å². The zero-order chi connectivity index (χ0) is 10.8. The summed E-state index contributed by atoms with van der Waals surface area (Å²) >= 11 is 0. The summed E-state index contributed by atoms with van der Waals surface area (Å²) < 4.78 is 5.64. The van der Waals surface area contributed by atoms with Crippen LogP contribution in [0.5, 0.6) is 0 Å². The molecule has 0 saturated heterocycles. The number of carbonyl (C=O) groups excluding carboxylic acids is 1. The Morgan fingerprint density at radius 2 is 2.00 bits per heavy atom. The molecule has 0 aliphatic rings. The minimum absolute atomic E-state index is 0.343. The van der Waals surface area contributed by atoms with Crippen LogP contribution in [0.25, 0.3) is 0 Å². The van der Waals surface area contributed by atoms with Gasteiger partial charge in [0, 0.05) is 13.0 Å². The van der Waals surface area contributed by atoms with Gasteiger partial charge in [-0.2, -0.15) is 0 Å². The van der Waals surface area contributed by atoms with E-state index in [9.17, 15) is 4.79 Å². The molecule has 84 valence electrons. The molecule has 0 amide bonds. The molecule has 2 nitrogen and oxygen atoms in total. The van der Waals surface area contributed by atoms with Gasteiger partial charge in [-0.3, -0.25) is 0 Å². The van der Waals surface area contributed by atoms with E-state index in [-0.39, 0.29) is 0 Å². The molecule has 0 N–H and O–H groups in total. The number of ether oxygens (including phenoxy) is 1. The molecular weight excluding hydrogens is 176 g/mol. The molecular formula is C12H24O2. The van der Waals surface area contributed by atoms with Crippen LogP contribution in [0, 0.1) is 5.92 Å². The van der Waals surface area contributed by atoms with Crippen LogP contribution in [0.3, 0.4) is 0 Å². The van der Waals surface area contributed by atoms with Crippen molar-refractivity contribution in [3.8, 4) is 0 Å². The third-order valence-electron chi connectivity index (χ3n) is 2.38. The van der Waals surface area contributed by atoms with Crippen molar-refractivity contribution in [2.24, 2.45) is 5.92 Å². The summed E-state index contributed by atoms with van der Waals surface area (Å²) in [5.74, 6) is 0.362. The number of hydrogen-bond acceptors (Lipinski definition) is 2. The van der Waals surface area contributed by atoms with Crippen LogP contribution in [-0.4, -0.2) is 19.0 Å². The molecule has 0 radical (unpaired) electrons. The van der Waals surface area contributed by atoms with Gasteiger partial charge in [0.2, 0.25) is 0 Å². The summed E-state index contributed by atoms with van der Waals surface area (Å²) in [6.45, 7) is 7.08. The molecule has 0 heterocycles. The maximum Gasteiger partial charge on any atom is 0.120 e. The molecule has 0 fully saturated rings. The first-order valence-electron chi connectivity index (χ1n) is 5.75. The number of aldehydes is 1. The summed E-state index contributed by atoms with van der Waals surface area (Å²) in [5.41, 5.74) is 0. The maximum absolute atomic E-state index is 10.2.